The summed E-state index contributed by atoms with van der Waals surface area (Å²) >= 11 is 0. The molecule has 0 saturated heterocycles. The van der Waals surface area contributed by atoms with Crippen molar-refractivity contribution >= 4 is 19.4 Å². The van der Waals surface area contributed by atoms with Gasteiger partial charge in [-0.1, -0.05) is 74.0 Å². The maximum absolute atomic E-state index is 9.75. The van der Waals surface area contributed by atoms with Crippen molar-refractivity contribution < 1.29 is 26.4 Å². The van der Waals surface area contributed by atoms with Crippen LogP contribution >= 0.6 is 0 Å². The van der Waals surface area contributed by atoms with Gasteiger partial charge in [0.15, 0.2) is 0 Å². The highest BCUT2D eigenvalue weighted by atomic mass is 19.5. The molecule has 186 valence electrons. The first-order valence-electron chi connectivity index (χ1n) is 11.7. The van der Waals surface area contributed by atoms with Gasteiger partial charge in [0.2, 0.25) is 0 Å². The molecule has 4 aromatic rings. The van der Waals surface area contributed by atoms with Gasteiger partial charge >= 0.3 is 18.8 Å². The van der Waals surface area contributed by atoms with Gasteiger partial charge in [0.05, 0.1) is 24.3 Å². The van der Waals surface area contributed by atoms with Crippen LogP contribution in [0.5, 0.6) is 5.75 Å². The fourth-order valence-corrected chi connectivity index (χ4v) is 3.33. The Morgan fingerprint density at radius 2 is 1.31 bits per heavy atom. The average molecular weight is 494 g/mol. The number of hydrogen-bond donors (Lipinski definition) is 0. The molecule has 36 heavy (non-hydrogen) atoms. The smallest absolute Gasteiger partial charge is 0.494 e. The van der Waals surface area contributed by atoms with Crippen LogP contribution in [0.2, 0.25) is 0 Å². The summed E-state index contributed by atoms with van der Waals surface area (Å²) < 4.78 is 51.0. The van der Waals surface area contributed by atoms with Crippen LogP contribution in [0.4, 0.5) is 17.3 Å². The summed E-state index contributed by atoms with van der Waals surface area (Å²) in [6.45, 7) is 2.93. The number of rotatable bonds is 8. The summed E-state index contributed by atoms with van der Waals surface area (Å²) in [4.78, 5) is 0. The van der Waals surface area contributed by atoms with Crippen molar-refractivity contribution in [2.24, 2.45) is 0 Å². The lowest BCUT2D eigenvalue weighted by molar-refractivity contribution is 0.309. The van der Waals surface area contributed by atoms with Crippen molar-refractivity contribution in [3.05, 3.63) is 108 Å². The quantitative estimate of drug-likeness (QED) is 0.105. The SMILES string of the molecule is CCCCOc1ccc(/C=C/c2cc(-c3ccccc3)cc(-c3ccccc3)[o+]2)cc1.F[B-](F)(F)F. The van der Waals surface area contributed by atoms with E-state index in [1.54, 1.807) is 0 Å². The first-order valence-corrected chi connectivity index (χ1v) is 11.7. The lowest BCUT2D eigenvalue weighted by atomic mass is 10.0. The molecule has 4 rings (SSSR count). The Hall–Kier alpha value is -3.87. The van der Waals surface area contributed by atoms with Crippen molar-refractivity contribution in [2.45, 2.75) is 19.8 Å². The number of hydrogen-bond acceptors (Lipinski definition) is 1. The van der Waals surface area contributed by atoms with E-state index in [-0.39, 0.29) is 0 Å². The molecule has 1 heterocycles. The van der Waals surface area contributed by atoms with E-state index in [4.69, 9.17) is 9.15 Å². The van der Waals surface area contributed by atoms with Gasteiger partial charge < -0.3 is 22.0 Å². The second-order valence-electron chi connectivity index (χ2n) is 7.94. The average Bonchev–Trinajstić information content (AvgIpc) is 2.88. The zero-order valence-corrected chi connectivity index (χ0v) is 19.9. The molecule has 3 aromatic carbocycles. The molecule has 0 aliphatic carbocycles. The third-order valence-corrected chi connectivity index (χ3v) is 5.06. The van der Waals surface area contributed by atoms with Gasteiger partial charge in [-0.15, -0.1) is 0 Å². The predicted octanol–water partition coefficient (Wildman–Crippen LogP) is 9.54. The van der Waals surface area contributed by atoms with E-state index in [2.05, 4.69) is 73.7 Å². The van der Waals surface area contributed by atoms with Crippen molar-refractivity contribution in [2.75, 3.05) is 6.61 Å². The van der Waals surface area contributed by atoms with E-state index < -0.39 is 7.25 Å². The standard InChI is InChI=1S/C29H27O2.BF4/c1-2-3-20-30-27-17-14-23(15-18-27)16-19-28-21-26(24-10-6-4-7-11-24)22-29(31-28)25-12-8-5-9-13-25;2-1(3,4)5/h4-19,21-22H,2-3,20H2,1H3;/q+1;-1/b19-16+;. The first kappa shape index (κ1) is 26.7. The zero-order valence-electron chi connectivity index (χ0n) is 19.9. The predicted molar refractivity (Wildman–Crippen MR) is 140 cm³/mol. The summed E-state index contributed by atoms with van der Waals surface area (Å²) in [5.74, 6) is 2.57. The summed E-state index contributed by atoms with van der Waals surface area (Å²) in [5, 5.41) is 0. The molecule has 0 bridgehead atoms. The Balaban J connectivity index is 0.000000658. The fourth-order valence-electron chi connectivity index (χ4n) is 3.33. The minimum absolute atomic E-state index is 0.763. The molecule has 7 heteroatoms. The van der Waals surface area contributed by atoms with Crippen LogP contribution in [0, 0.1) is 0 Å². The van der Waals surface area contributed by atoms with Crippen molar-refractivity contribution in [3.63, 3.8) is 0 Å². The molecule has 0 N–H and O–H groups in total. The van der Waals surface area contributed by atoms with E-state index in [9.17, 15) is 17.3 Å². The Labute approximate surface area is 209 Å². The van der Waals surface area contributed by atoms with E-state index in [1.807, 2.05) is 42.5 Å². The van der Waals surface area contributed by atoms with Crippen LogP contribution in [-0.4, -0.2) is 13.9 Å². The number of halogens is 4. The van der Waals surface area contributed by atoms with Gasteiger partial charge in [0.25, 0.3) is 0 Å². The molecule has 1 aromatic heterocycles. The fraction of sp³-hybridized carbons (Fsp3) is 0.138. The van der Waals surface area contributed by atoms with E-state index in [0.717, 1.165) is 53.4 Å². The molecule has 0 amide bonds. The third-order valence-electron chi connectivity index (χ3n) is 5.06. The molecule has 0 aliphatic heterocycles. The van der Waals surface area contributed by atoms with Crippen molar-refractivity contribution in [1.82, 2.24) is 0 Å². The molecule has 0 fully saturated rings. The van der Waals surface area contributed by atoms with Gasteiger partial charge in [-0.25, -0.2) is 4.42 Å². The van der Waals surface area contributed by atoms with Crippen LogP contribution in [0.15, 0.2) is 101 Å². The van der Waals surface area contributed by atoms with Crippen LogP contribution in [0.25, 0.3) is 34.6 Å². The first-order chi connectivity index (χ1) is 17.3. The summed E-state index contributed by atoms with van der Waals surface area (Å²) in [6.07, 6.45) is 6.30. The molecular formula is C29H27BF4O2. The van der Waals surface area contributed by atoms with Crippen molar-refractivity contribution in [3.8, 4) is 28.2 Å². The van der Waals surface area contributed by atoms with E-state index >= 15 is 0 Å². The van der Waals surface area contributed by atoms with Crippen LogP contribution < -0.4 is 4.74 Å². The number of unbranched alkanes of at least 4 members (excludes halogenated alkanes) is 1. The Kier molecular flexibility index (Phi) is 9.87. The highest BCUT2D eigenvalue weighted by Crippen LogP contribution is 2.29. The summed E-state index contributed by atoms with van der Waals surface area (Å²) in [6, 6.07) is 32.9. The summed E-state index contributed by atoms with van der Waals surface area (Å²) in [5.41, 5.74) is 4.46. The molecule has 0 radical (unpaired) electrons. The van der Waals surface area contributed by atoms with E-state index in [1.165, 1.54) is 5.56 Å². The summed E-state index contributed by atoms with van der Waals surface area (Å²) in [7, 11) is -6.00. The Bertz CT molecular complexity index is 1160. The van der Waals surface area contributed by atoms with Gasteiger partial charge in [0.1, 0.15) is 5.75 Å². The van der Waals surface area contributed by atoms with Gasteiger partial charge in [-0.3, -0.25) is 0 Å². The highest BCUT2D eigenvalue weighted by molar-refractivity contribution is 6.50. The molecule has 0 spiro atoms. The second-order valence-corrected chi connectivity index (χ2v) is 7.94. The third kappa shape index (κ3) is 9.41. The van der Waals surface area contributed by atoms with Crippen LogP contribution in [0.3, 0.4) is 0 Å². The molecule has 0 atom stereocenters. The maximum atomic E-state index is 9.75. The monoisotopic (exact) mass is 494 g/mol. The molecule has 0 unspecified atom stereocenters. The van der Waals surface area contributed by atoms with Crippen LogP contribution in [-0.2, 0) is 0 Å². The Morgan fingerprint density at radius 3 is 1.89 bits per heavy atom. The van der Waals surface area contributed by atoms with Crippen LogP contribution in [0.1, 0.15) is 31.1 Å². The number of benzene rings is 3. The maximum Gasteiger partial charge on any atom is 0.673 e. The van der Waals surface area contributed by atoms with Gasteiger partial charge in [0, 0.05) is 11.6 Å². The molecule has 2 nitrogen and oxygen atoms in total. The minimum Gasteiger partial charge on any atom is -0.494 e. The normalized spacial score (nSPS) is 11.1. The lowest BCUT2D eigenvalue weighted by Gasteiger charge is -2.04. The highest BCUT2D eigenvalue weighted by Gasteiger charge is 2.20. The molecule has 0 aliphatic rings. The van der Waals surface area contributed by atoms with Crippen molar-refractivity contribution in [1.29, 1.82) is 0 Å². The second kappa shape index (κ2) is 13.3. The largest absolute Gasteiger partial charge is 0.673 e. The molecule has 0 saturated carbocycles. The number of ether oxygens (including phenoxy) is 1. The Morgan fingerprint density at radius 1 is 0.722 bits per heavy atom. The van der Waals surface area contributed by atoms with Gasteiger partial charge in [-0.2, -0.15) is 0 Å². The van der Waals surface area contributed by atoms with Gasteiger partial charge in [-0.05, 0) is 47.9 Å². The lowest BCUT2D eigenvalue weighted by Crippen LogP contribution is -2.02. The molecular weight excluding hydrogens is 467 g/mol. The topological polar surface area (TPSA) is 20.5 Å². The zero-order chi connectivity index (χ0) is 25.8. The minimum atomic E-state index is -6.00. The van der Waals surface area contributed by atoms with E-state index in [0.29, 0.717) is 0 Å².